The summed E-state index contributed by atoms with van der Waals surface area (Å²) in [4.78, 5) is 4.39. The molecule has 28 heavy (non-hydrogen) atoms. The standard InChI is InChI=1S/C22H33N5O/c1-15-8-10-18(11-9-15)21-19(7-6-12-28-21)13-24-22(23-4)25-14-20-16(2)26-27(5)17(20)3/h8-11,19,21H,6-7,12-14H2,1-5H3,(H2,23,24,25). The molecule has 1 aliphatic rings. The topological polar surface area (TPSA) is 63.5 Å². The van der Waals surface area contributed by atoms with Gasteiger partial charge < -0.3 is 15.4 Å². The normalized spacial score (nSPS) is 20.2. The molecule has 2 atom stereocenters. The van der Waals surface area contributed by atoms with Gasteiger partial charge in [-0.05, 0) is 39.2 Å². The van der Waals surface area contributed by atoms with Crippen LogP contribution in [0.3, 0.4) is 0 Å². The van der Waals surface area contributed by atoms with Crippen LogP contribution >= 0.6 is 0 Å². The molecule has 6 nitrogen and oxygen atoms in total. The van der Waals surface area contributed by atoms with Crippen molar-refractivity contribution in [3.05, 3.63) is 52.3 Å². The average molecular weight is 384 g/mol. The largest absolute Gasteiger partial charge is 0.373 e. The minimum atomic E-state index is 0.141. The van der Waals surface area contributed by atoms with Crippen molar-refractivity contribution in [1.82, 2.24) is 20.4 Å². The van der Waals surface area contributed by atoms with Gasteiger partial charge in [0.05, 0.1) is 11.8 Å². The summed E-state index contributed by atoms with van der Waals surface area (Å²) in [6.07, 6.45) is 2.40. The molecule has 1 fully saturated rings. The lowest BCUT2D eigenvalue weighted by molar-refractivity contribution is -0.0265. The number of aromatic nitrogens is 2. The summed E-state index contributed by atoms with van der Waals surface area (Å²) in [7, 11) is 3.79. The fraction of sp³-hybridized carbons (Fsp3) is 0.545. The third-order valence-electron chi connectivity index (χ3n) is 5.70. The minimum Gasteiger partial charge on any atom is -0.373 e. The molecule has 6 heteroatoms. The quantitative estimate of drug-likeness (QED) is 0.615. The van der Waals surface area contributed by atoms with E-state index in [2.05, 4.69) is 58.8 Å². The van der Waals surface area contributed by atoms with E-state index in [1.165, 1.54) is 22.4 Å². The fourth-order valence-electron chi connectivity index (χ4n) is 3.87. The van der Waals surface area contributed by atoms with Crippen molar-refractivity contribution in [2.24, 2.45) is 18.0 Å². The maximum absolute atomic E-state index is 6.13. The SMILES string of the molecule is CN=C(NCc1c(C)nn(C)c1C)NCC1CCCOC1c1ccc(C)cc1. The molecule has 2 heterocycles. The van der Waals surface area contributed by atoms with Gasteiger partial charge in [0.15, 0.2) is 5.96 Å². The lowest BCUT2D eigenvalue weighted by Gasteiger charge is -2.32. The number of ether oxygens (including phenoxy) is 1. The maximum Gasteiger partial charge on any atom is 0.191 e. The molecule has 0 bridgehead atoms. The third-order valence-corrected chi connectivity index (χ3v) is 5.70. The van der Waals surface area contributed by atoms with Crippen molar-refractivity contribution >= 4 is 5.96 Å². The van der Waals surface area contributed by atoms with Crippen molar-refractivity contribution < 1.29 is 4.74 Å². The number of nitrogens with one attached hydrogen (secondary N) is 2. The molecule has 3 rings (SSSR count). The Kier molecular flexibility index (Phi) is 6.73. The predicted octanol–water partition coefficient (Wildman–Crippen LogP) is 3.18. The van der Waals surface area contributed by atoms with Crippen molar-refractivity contribution in [2.45, 2.75) is 46.3 Å². The summed E-state index contributed by atoms with van der Waals surface area (Å²) in [5.41, 5.74) is 6.01. The maximum atomic E-state index is 6.13. The van der Waals surface area contributed by atoms with Gasteiger partial charge in [0.1, 0.15) is 0 Å². The molecule has 1 aromatic heterocycles. The predicted molar refractivity (Wildman–Crippen MR) is 113 cm³/mol. The third kappa shape index (κ3) is 4.73. The van der Waals surface area contributed by atoms with Gasteiger partial charge in [0, 0.05) is 51.0 Å². The molecule has 1 saturated heterocycles. The van der Waals surface area contributed by atoms with Gasteiger partial charge in [-0.2, -0.15) is 5.10 Å². The van der Waals surface area contributed by atoms with Crippen LogP contribution in [0.4, 0.5) is 0 Å². The molecule has 1 aliphatic heterocycles. The van der Waals surface area contributed by atoms with Crippen LogP contribution in [0.2, 0.25) is 0 Å². The highest BCUT2D eigenvalue weighted by atomic mass is 16.5. The molecule has 1 aromatic carbocycles. The van der Waals surface area contributed by atoms with Crippen molar-refractivity contribution in [1.29, 1.82) is 0 Å². The number of nitrogens with zero attached hydrogens (tertiary/aromatic N) is 3. The molecule has 0 radical (unpaired) electrons. The molecule has 2 aromatic rings. The summed E-state index contributed by atoms with van der Waals surface area (Å²) >= 11 is 0. The number of hydrogen-bond donors (Lipinski definition) is 2. The first-order valence-corrected chi connectivity index (χ1v) is 10.1. The van der Waals surface area contributed by atoms with E-state index in [0.29, 0.717) is 12.5 Å². The van der Waals surface area contributed by atoms with Crippen LogP contribution in [-0.2, 0) is 18.3 Å². The number of hydrogen-bond acceptors (Lipinski definition) is 3. The van der Waals surface area contributed by atoms with Gasteiger partial charge in [-0.25, -0.2) is 0 Å². The zero-order chi connectivity index (χ0) is 20.1. The molecule has 0 spiro atoms. The molecular formula is C22H33N5O. The Morgan fingerprint density at radius 3 is 2.61 bits per heavy atom. The zero-order valence-corrected chi connectivity index (χ0v) is 17.7. The second kappa shape index (κ2) is 9.24. The Balaban J connectivity index is 1.59. The summed E-state index contributed by atoms with van der Waals surface area (Å²) in [5, 5.41) is 11.4. The van der Waals surface area contributed by atoms with Crippen LogP contribution in [0.1, 0.15) is 47.0 Å². The Morgan fingerprint density at radius 2 is 1.96 bits per heavy atom. The molecule has 0 saturated carbocycles. The number of aryl methyl sites for hydroxylation is 3. The first-order valence-electron chi connectivity index (χ1n) is 10.1. The number of rotatable bonds is 5. The van der Waals surface area contributed by atoms with Crippen LogP contribution < -0.4 is 10.6 Å². The Hall–Kier alpha value is -2.34. The first-order chi connectivity index (χ1) is 13.5. The fourth-order valence-corrected chi connectivity index (χ4v) is 3.87. The number of benzene rings is 1. The van der Waals surface area contributed by atoms with Crippen molar-refractivity contribution in [3.8, 4) is 0 Å². The monoisotopic (exact) mass is 383 g/mol. The Bertz CT molecular complexity index is 809. The van der Waals surface area contributed by atoms with Crippen LogP contribution in [0.15, 0.2) is 29.3 Å². The van der Waals surface area contributed by atoms with Crippen LogP contribution in [0, 0.1) is 26.7 Å². The van der Waals surface area contributed by atoms with Crippen LogP contribution in [0.5, 0.6) is 0 Å². The van der Waals surface area contributed by atoms with E-state index < -0.39 is 0 Å². The molecule has 152 valence electrons. The smallest absolute Gasteiger partial charge is 0.191 e. The molecule has 2 unspecified atom stereocenters. The van der Waals surface area contributed by atoms with Gasteiger partial charge in [0.2, 0.25) is 0 Å². The van der Waals surface area contributed by atoms with Crippen molar-refractivity contribution in [2.75, 3.05) is 20.2 Å². The first kappa shape index (κ1) is 20.4. The highest BCUT2D eigenvalue weighted by Crippen LogP contribution is 2.33. The molecule has 0 aliphatic carbocycles. The Labute approximate surface area is 168 Å². The Morgan fingerprint density at radius 1 is 1.21 bits per heavy atom. The second-order valence-corrected chi connectivity index (χ2v) is 7.68. The van der Waals surface area contributed by atoms with Crippen LogP contribution in [-0.4, -0.2) is 35.9 Å². The molecule has 0 amide bonds. The number of aliphatic imine (C=N–C) groups is 1. The summed E-state index contributed by atoms with van der Waals surface area (Å²) in [6.45, 7) is 8.65. The summed E-state index contributed by atoms with van der Waals surface area (Å²) in [5.74, 6) is 1.24. The highest BCUT2D eigenvalue weighted by Gasteiger charge is 2.27. The van der Waals surface area contributed by atoms with E-state index in [9.17, 15) is 0 Å². The molecular weight excluding hydrogens is 350 g/mol. The van der Waals surface area contributed by atoms with E-state index >= 15 is 0 Å². The minimum absolute atomic E-state index is 0.141. The van der Waals surface area contributed by atoms with Gasteiger partial charge >= 0.3 is 0 Å². The van der Waals surface area contributed by atoms with E-state index in [1.54, 1.807) is 0 Å². The van der Waals surface area contributed by atoms with Gasteiger partial charge in [-0.1, -0.05) is 29.8 Å². The summed E-state index contributed by atoms with van der Waals surface area (Å²) < 4.78 is 8.06. The lowest BCUT2D eigenvalue weighted by atomic mass is 9.89. The van der Waals surface area contributed by atoms with Gasteiger partial charge in [0.25, 0.3) is 0 Å². The summed E-state index contributed by atoms with van der Waals surface area (Å²) in [6, 6.07) is 8.71. The van der Waals surface area contributed by atoms with E-state index in [4.69, 9.17) is 4.74 Å². The average Bonchev–Trinajstić information content (AvgIpc) is 2.94. The van der Waals surface area contributed by atoms with Gasteiger partial charge in [-0.15, -0.1) is 0 Å². The highest BCUT2D eigenvalue weighted by molar-refractivity contribution is 5.79. The number of guanidine groups is 1. The van der Waals surface area contributed by atoms with E-state index in [0.717, 1.165) is 37.6 Å². The van der Waals surface area contributed by atoms with E-state index in [-0.39, 0.29) is 6.10 Å². The van der Waals surface area contributed by atoms with Crippen LogP contribution in [0.25, 0.3) is 0 Å². The van der Waals surface area contributed by atoms with E-state index in [1.807, 2.05) is 25.7 Å². The molecule has 2 N–H and O–H groups in total. The zero-order valence-electron chi connectivity index (χ0n) is 17.7. The van der Waals surface area contributed by atoms with Crippen molar-refractivity contribution in [3.63, 3.8) is 0 Å². The second-order valence-electron chi connectivity index (χ2n) is 7.68. The lowest BCUT2D eigenvalue weighted by Crippen LogP contribution is -2.41. The van der Waals surface area contributed by atoms with Gasteiger partial charge in [-0.3, -0.25) is 9.67 Å².